The number of ether oxygens (including phenoxy) is 3. The molecule has 0 bridgehead atoms. The summed E-state index contributed by atoms with van der Waals surface area (Å²) in [6.45, 7) is 0. The van der Waals surface area contributed by atoms with E-state index in [9.17, 15) is 4.79 Å². The Morgan fingerprint density at radius 3 is 2.06 bits per heavy atom. The number of carboxylic acids is 1. The van der Waals surface area contributed by atoms with Gasteiger partial charge in [-0.05, 0) is 12.8 Å². The second-order valence-corrected chi connectivity index (χ2v) is 3.76. The van der Waals surface area contributed by atoms with E-state index in [1.807, 2.05) is 0 Å². The van der Waals surface area contributed by atoms with Crippen LogP contribution in [-0.4, -0.2) is 32.4 Å². The van der Waals surface area contributed by atoms with Crippen LogP contribution in [0.1, 0.15) is 18.4 Å². The van der Waals surface area contributed by atoms with Crippen molar-refractivity contribution in [3.05, 3.63) is 17.7 Å². The van der Waals surface area contributed by atoms with Gasteiger partial charge in [-0.15, -0.1) is 0 Å². The molecule has 5 nitrogen and oxygen atoms in total. The zero-order chi connectivity index (χ0) is 13.5. The molecule has 0 unspecified atom stereocenters. The van der Waals surface area contributed by atoms with Gasteiger partial charge in [-0.25, -0.2) is 0 Å². The lowest BCUT2D eigenvalue weighted by atomic mass is 10.1. The van der Waals surface area contributed by atoms with E-state index in [4.69, 9.17) is 19.3 Å². The van der Waals surface area contributed by atoms with Gasteiger partial charge in [0.2, 0.25) is 0 Å². The summed E-state index contributed by atoms with van der Waals surface area (Å²) in [6, 6.07) is 3.53. The summed E-state index contributed by atoms with van der Waals surface area (Å²) in [5.41, 5.74) is 0.863. The fourth-order valence-corrected chi connectivity index (χ4v) is 1.74. The minimum Gasteiger partial charge on any atom is -0.496 e. The van der Waals surface area contributed by atoms with Crippen LogP contribution in [0.25, 0.3) is 0 Å². The zero-order valence-electron chi connectivity index (χ0n) is 10.9. The molecule has 1 aromatic carbocycles. The van der Waals surface area contributed by atoms with Crippen LogP contribution in [0.4, 0.5) is 0 Å². The Morgan fingerprint density at radius 2 is 1.67 bits per heavy atom. The predicted octanol–water partition coefficient (Wildman–Crippen LogP) is 2.12. The number of aliphatic carboxylic acids is 1. The number of hydrogen-bond acceptors (Lipinski definition) is 4. The highest BCUT2D eigenvalue weighted by Gasteiger charge is 2.13. The maximum Gasteiger partial charge on any atom is 0.303 e. The Morgan fingerprint density at radius 1 is 1.11 bits per heavy atom. The minimum atomic E-state index is -0.804. The maximum atomic E-state index is 10.5. The van der Waals surface area contributed by atoms with Crippen molar-refractivity contribution in [2.45, 2.75) is 19.3 Å². The van der Waals surface area contributed by atoms with Crippen molar-refractivity contribution in [2.24, 2.45) is 0 Å². The second kappa shape index (κ2) is 6.74. The lowest BCUT2D eigenvalue weighted by molar-refractivity contribution is -0.137. The monoisotopic (exact) mass is 254 g/mol. The summed E-state index contributed by atoms with van der Waals surface area (Å²) in [5.74, 6) is 1.14. The summed E-state index contributed by atoms with van der Waals surface area (Å²) >= 11 is 0. The van der Waals surface area contributed by atoms with Crippen LogP contribution in [0.2, 0.25) is 0 Å². The van der Waals surface area contributed by atoms with E-state index in [0.717, 1.165) is 5.56 Å². The molecule has 100 valence electrons. The average Bonchev–Trinajstić information content (AvgIpc) is 2.37. The van der Waals surface area contributed by atoms with Gasteiger partial charge in [0.15, 0.2) is 0 Å². The molecule has 0 aliphatic carbocycles. The molecule has 18 heavy (non-hydrogen) atoms. The highest BCUT2D eigenvalue weighted by atomic mass is 16.5. The molecule has 0 saturated carbocycles. The van der Waals surface area contributed by atoms with Crippen LogP contribution >= 0.6 is 0 Å². The fourth-order valence-electron chi connectivity index (χ4n) is 1.74. The van der Waals surface area contributed by atoms with E-state index in [1.165, 1.54) is 0 Å². The Kier molecular flexibility index (Phi) is 5.30. The first-order valence-electron chi connectivity index (χ1n) is 5.63. The van der Waals surface area contributed by atoms with E-state index in [-0.39, 0.29) is 6.42 Å². The van der Waals surface area contributed by atoms with Gasteiger partial charge in [0.05, 0.1) is 21.3 Å². The SMILES string of the molecule is COc1cc(OC)c(CCCC(=O)O)c(OC)c1. The van der Waals surface area contributed by atoms with Crippen molar-refractivity contribution in [3.8, 4) is 17.2 Å². The molecular weight excluding hydrogens is 236 g/mol. The third-order valence-electron chi connectivity index (χ3n) is 2.63. The van der Waals surface area contributed by atoms with Crippen LogP contribution < -0.4 is 14.2 Å². The third kappa shape index (κ3) is 3.55. The first-order valence-corrected chi connectivity index (χ1v) is 5.63. The number of benzene rings is 1. The maximum absolute atomic E-state index is 10.5. The molecule has 0 saturated heterocycles. The number of carboxylic acid groups (broad SMARTS) is 1. The molecule has 0 aliphatic rings. The number of methoxy groups -OCH3 is 3. The molecule has 0 spiro atoms. The zero-order valence-corrected chi connectivity index (χ0v) is 10.9. The van der Waals surface area contributed by atoms with E-state index in [2.05, 4.69) is 0 Å². The first kappa shape index (κ1) is 14.2. The topological polar surface area (TPSA) is 65.0 Å². The molecule has 0 atom stereocenters. The Balaban J connectivity index is 2.95. The largest absolute Gasteiger partial charge is 0.496 e. The normalized spacial score (nSPS) is 9.94. The Bertz CT molecular complexity index is 389. The van der Waals surface area contributed by atoms with Crippen molar-refractivity contribution in [1.29, 1.82) is 0 Å². The average molecular weight is 254 g/mol. The standard InChI is InChI=1S/C13H18O5/c1-16-9-7-11(17-2)10(12(8-9)18-3)5-4-6-13(14)15/h7-8H,4-6H2,1-3H3,(H,14,15). The molecule has 1 rings (SSSR count). The van der Waals surface area contributed by atoms with Crippen LogP contribution in [0.5, 0.6) is 17.2 Å². The summed E-state index contributed by atoms with van der Waals surface area (Å²) in [5, 5.41) is 8.64. The van der Waals surface area contributed by atoms with Gasteiger partial charge in [-0.2, -0.15) is 0 Å². The van der Waals surface area contributed by atoms with Crippen LogP contribution in [0.15, 0.2) is 12.1 Å². The van der Waals surface area contributed by atoms with Crippen LogP contribution in [0.3, 0.4) is 0 Å². The van der Waals surface area contributed by atoms with Crippen LogP contribution in [0, 0.1) is 0 Å². The molecule has 0 radical (unpaired) electrons. The molecule has 0 fully saturated rings. The van der Waals surface area contributed by atoms with E-state index >= 15 is 0 Å². The fraction of sp³-hybridized carbons (Fsp3) is 0.462. The van der Waals surface area contributed by atoms with Gasteiger partial charge in [-0.1, -0.05) is 0 Å². The highest BCUT2D eigenvalue weighted by molar-refractivity contribution is 5.66. The van der Waals surface area contributed by atoms with Crippen LogP contribution in [-0.2, 0) is 11.2 Å². The number of rotatable bonds is 7. The van der Waals surface area contributed by atoms with Gasteiger partial charge < -0.3 is 19.3 Å². The summed E-state index contributed by atoms with van der Waals surface area (Å²) < 4.78 is 15.7. The first-order chi connectivity index (χ1) is 8.62. The van der Waals surface area contributed by atoms with Crippen molar-refractivity contribution in [3.63, 3.8) is 0 Å². The summed E-state index contributed by atoms with van der Waals surface area (Å²) in [7, 11) is 4.70. The van der Waals surface area contributed by atoms with Gasteiger partial charge >= 0.3 is 5.97 Å². The number of hydrogen-bond donors (Lipinski definition) is 1. The quantitative estimate of drug-likeness (QED) is 0.807. The molecule has 0 heterocycles. The van der Waals surface area contributed by atoms with E-state index < -0.39 is 5.97 Å². The minimum absolute atomic E-state index is 0.123. The Labute approximate surface area is 106 Å². The van der Waals surface area contributed by atoms with Gasteiger partial charge in [0.1, 0.15) is 17.2 Å². The lowest BCUT2D eigenvalue weighted by Gasteiger charge is -2.14. The molecule has 1 aromatic rings. The molecule has 5 heteroatoms. The molecule has 1 N–H and O–H groups in total. The van der Waals surface area contributed by atoms with Gasteiger partial charge in [-0.3, -0.25) is 4.79 Å². The predicted molar refractivity (Wildman–Crippen MR) is 66.7 cm³/mol. The number of carbonyl (C=O) groups is 1. The molecular formula is C13H18O5. The molecule has 0 aliphatic heterocycles. The Hall–Kier alpha value is -1.91. The summed E-state index contributed by atoms with van der Waals surface area (Å²) in [6.07, 6.45) is 1.25. The van der Waals surface area contributed by atoms with Crippen molar-refractivity contribution >= 4 is 5.97 Å². The lowest BCUT2D eigenvalue weighted by Crippen LogP contribution is -2.01. The molecule has 0 amide bonds. The highest BCUT2D eigenvalue weighted by Crippen LogP contribution is 2.34. The third-order valence-corrected chi connectivity index (χ3v) is 2.63. The van der Waals surface area contributed by atoms with Crippen molar-refractivity contribution < 1.29 is 24.1 Å². The molecule has 0 aromatic heterocycles. The van der Waals surface area contributed by atoms with E-state index in [1.54, 1.807) is 33.5 Å². The van der Waals surface area contributed by atoms with Gasteiger partial charge in [0, 0.05) is 24.1 Å². The van der Waals surface area contributed by atoms with E-state index in [0.29, 0.717) is 30.1 Å². The van der Waals surface area contributed by atoms with Crippen molar-refractivity contribution in [1.82, 2.24) is 0 Å². The van der Waals surface area contributed by atoms with Crippen molar-refractivity contribution in [2.75, 3.05) is 21.3 Å². The smallest absolute Gasteiger partial charge is 0.303 e. The second-order valence-electron chi connectivity index (χ2n) is 3.76. The van der Waals surface area contributed by atoms with Gasteiger partial charge in [0.25, 0.3) is 0 Å². The summed E-state index contributed by atoms with van der Waals surface area (Å²) in [4.78, 5) is 10.5.